The van der Waals surface area contributed by atoms with Crippen molar-refractivity contribution in [2.75, 3.05) is 5.32 Å². The van der Waals surface area contributed by atoms with Crippen LogP contribution in [0.25, 0.3) is 0 Å². The van der Waals surface area contributed by atoms with E-state index in [0.29, 0.717) is 5.82 Å². The van der Waals surface area contributed by atoms with Gasteiger partial charge in [-0.2, -0.15) is 4.98 Å². The SMILES string of the molecule is Cc1nc(NC(=O)c2c(F)cccc2F)n[nH]1. The second-order valence-corrected chi connectivity index (χ2v) is 3.30. The largest absolute Gasteiger partial charge is 0.289 e. The molecule has 5 nitrogen and oxygen atoms in total. The number of aromatic amines is 1. The standard InChI is InChI=1S/C10H8F2N4O/c1-5-13-10(16-15-5)14-9(17)8-6(11)3-2-4-7(8)12/h2-4H,1H3,(H2,13,14,15,16,17). The predicted octanol–water partition coefficient (Wildman–Crippen LogP) is 1.64. The zero-order valence-corrected chi connectivity index (χ0v) is 8.79. The lowest BCUT2D eigenvalue weighted by molar-refractivity contribution is 0.101. The molecular formula is C10H8F2N4O. The fourth-order valence-corrected chi connectivity index (χ4v) is 1.28. The van der Waals surface area contributed by atoms with Gasteiger partial charge in [0.1, 0.15) is 23.0 Å². The smallest absolute Gasteiger partial charge is 0.264 e. The first-order valence-corrected chi connectivity index (χ1v) is 4.72. The van der Waals surface area contributed by atoms with E-state index >= 15 is 0 Å². The Kier molecular flexibility index (Phi) is 2.82. The Morgan fingerprint density at radius 1 is 1.35 bits per heavy atom. The van der Waals surface area contributed by atoms with Crippen LogP contribution in [-0.2, 0) is 0 Å². The van der Waals surface area contributed by atoms with Crippen molar-refractivity contribution in [2.45, 2.75) is 6.92 Å². The molecule has 88 valence electrons. The van der Waals surface area contributed by atoms with E-state index in [0.717, 1.165) is 12.1 Å². The summed E-state index contributed by atoms with van der Waals surface area (Å²) in [6, 6.07) is 3.18. The normalized spacial score (nSPS) is 10.3. The molecule has 0 aliphatic heterocycles. The monoisotopic (exact) mass is 238 g/mol. The van der Waals surface area contributed by atoms with Crippen LogP contribution in [0.2, 0.25) is 0 Å². The molecule has 2 aromatic rings. The van der Waals surface area contributed by atoms with E-state index in [1.54, 1.807) is 6.92 Å². The van der Waals surface area contributed by atoms with Crippen molar-refractivity contribution in [3.8, 4) is 0 Å². The third-order valence-corrected chi connectivity index (χ3v) is 2.01. The van der Waals surface area contributed by atoms with E-state index in [1.165, 1.54) is 6.07 Å². The van der Waals surface area contributed by atoms with Gasteiger partial charge in [-0.15, -0.1) is 5.10 Å². The molecule has 0 aliphatic rings. The summed E-state index contributed by atoms with van der Waals surface area (Å²) < 4.78 is 26.5. The number of amides is 1. The van der Waals surface area contributed by atoms with Crippen LogP contribution in [0.3, 0.4) is 0 Å². The number of aryl methyl sites for hydroxylation is 1. The summed E-state index contributed by atoms with van der Waals surface area (Å²) in [4.78, 5) is 15.4. The summed E-state index contributed by atoms with van der Waals surface area (Å²) in [5, 5.41) is 8.31. The molecule has 0 radical (unpaired) electrons. The zero-order valence-electron chi connectivity index (χ0n) is 8.79. The lowest BCUT2D eigenvalue weighted by Crippen LogP contribution is -2.16. The molecule has 1 amide bonds. The maximum absolute atomic E-state index is 13.3. The van der Waals surface area contributed by atoms with Gasteiger partial charge >= 0.3 is 0 Å². The number of H-pyrrole nitrogens is 1. The van der Waals surface area contributed by atoms with E-state index in [9.17, 15) is 13.6 Å². The minimum atomic E-state index is -0.935. The summed E-state index contributed by atoms with van der Waals surface area (Å²) in [5.74, 6) is -2.35. The molecule has 2 N–H and O–H groups in total. The van der Waals surface area contributed by atoms with Crippen molar-refractivity contribution in [2.24, 2.45) is 0 Å². The van der Waals surface area contributed by atoms with Crippen LogP contribution >= 0.6 is 0 Å². The average Bonchev–Trinajstić information content (AvgIpc) is 2.63. The first-order valence-electron chi connectivity index (χ1n) is 4.72. The molecule has 1 aromatic carbocycles. The molecule has 0 saturated heterocycles. The highest BCUT2D eigenvalue weighted by Crippen LogP contribution is 2.13. The number of hydrogen-bond acceptors (Lipinski definition) is 3. The summed E-state index contributed by atoms with van der Waals surface area (Å²) >= 11 is 0. The summed E-state index contributed by atoms with van der Waals surface area (Å²) in [7, 11) is 0. The fraction of sp³-hybridized carbons (Fsp3) is 0.100. The van der Waals surface area contributed by atoms with Gasteiger partial charge in [-0.1, -0.05) is 6.07 Å². The third-order valence-electron chi connectivity index (χ3n) is 2.01. The second-order valence-electron chi connectivity index (χ2n) is 3.30. The average molecular weight is 238 g/mol. The first kappa shape index (κ1) is 11.2. The molecule has 0 saturated carbocycles. The number of anilines is 1. The van der Waals surface area contributed by atoms with E-state index in [-0.39, 0.29) is 5.95 Å². The highest BCUT2D eigenvalue weighted by atomic mass is 19.1. The van der Waals surface area contributed by atoms with Crippen LogP contribution in [0.15, 0.2) is 18.2 Å². The Balaban J connectivity index is 2.26. The van der Waals surface area contributed by atoms with E-state index < -0.39 is 23.1 Å². The number of rotatable bonds is 2. The second kappa shape index (κ2) is 4.28. The Labute approximate surface area is 94.9 Å². The minimum Gasteiger partial charge on any atom is -0.289 e. The van der Waals surface area contributed by atoms with Crippen LogP contribution in [0.5, 0.6) is 0 Å². The Morgan fingerprint density at radius 3 is 2.53 bits per heavy atom. The topological polar surface area (TPSA) is 70.7 Å². The highest BCUT2D eigenvalue weighted by Gasteiger charge is 2.18. The van der Waals surface area contributed by atoms with Crippen LogP contribution < -0.4 is 5.32 Å². The fourth-order valence-electron chi connectivity index (χ4n) is 1.28. The Morgan fingerprint density at radius 2 is 2.00 bits per heavy atom. The van der Waals surface area contributed by atoms with E-state index in [1.807, 2.05) is 0 Å². The van der Waals surface area contributed by atoms with Crippen LogP contribution in [0.1, 0.15) is 16.2 Å². The molecule has 0 spiro atoms. The molecule has 7 heteroatoms. The van der Waals surface area contributed by atoms with Gasteiger partial charge in [-0.05, 0) is 19.1 Å². The van der Waals surface area contributed by atoms with Gasteiger partial charge < -0.3 is 0 Å². The number of carbonyl (C=O) groups is 1. The Bertz CT molecular complexity index is 547. The Hall–Kier alpha value is -2.31. The molecular weight excluding hydrogens is 230 g/mol. The van der Waals surface area contributed by atoms with Gasteiger partial charge in [0.15, 0.2) is 0 Å². The lowest BCUT2D eigenvalue weighted by atomic mass is 10.2. The number of nitrogens with one attached hydrogen (secondary N) is 2. The van der Waals surface area contributed by atoms with Crippen molar-refractivity contribution in [3.63, 3.8) is 0 Å². The number of carbonyl (C=O) groups excluding carboxylic acids is 1. The molecule has 0 aliphatic carbocycles. The van der Waals surface area contributed by atoms with Gasteiger partial charge in [0, 0.05) is 0 Å². The number of nitrogens with zero attached hydrogens (tertiary/aromatic N) is 2. The van der Waals surface area contributed by atoms with Crippen LogP contribution in [0.4, 0.5) is 14.7 Å². The summed E-state index contributed by atoms with van der Waals surface area (Å²) in [6.07, 6.45) is 0. The van der Waals surface area contributed by atoms with Crippen molar-refractivity contribution in [3.05, 3.63) is 41.2 Å². The molecule has 0 fully saturated rings. The summed E-state index contributed by atoms with van der Waals surface area (Å²) in [6.45, 7) is 1.63. The molecule has 17 heavy (non-hydrogen) atoms. The van der Waals surface area contributed by atoms with Crippen molar-refractivity contribution < 1.29 is 13.6 Å². The molecule has 0 unspecified atom stereocenters. The van der Waals surface area contributed by atoms with Crippen LogP contribution in [-0.4, -0.2) is 21.1 Å². The van der Waals surface area contributed by atoms with E-state index in [2.05, 4.69) is 20.5 Å². The quantitative estimate of drug-likeness (QED) is 0.835. The van der Waals surface area contributed by atoms with Crippen molar-refractivity contribution in [1.29, 1.82) is 0 Å². The lowest BCUT2D eigenvalue weighted by Gasteiger charge is -2.03. The number of benzene rings is 1. The third kappa shape index (κ3) is 2.27. The molecule has 1 heterocycles. The molecule has 0 bridgehead atoms. The number of aromatic nitrogens is 3. The first-order chi connectivity index (χ1) is 8.08. The maximum atomic E-state index is 13.3. The van der Waals surface area contributed by atoms with Gasteiger partial charge in [-0.25, -0.2) is 8.78 Å². The molecule has 1 aromatic heterocycles. The van der Waals surface area contributed by atoms with Gasteiger partial charge in [0.2, 0.25) is 5.95 Å². The zero-order chi connectivity index (χ0) is 12.4. The van der Waals surface area contributed by atoms with Gasteiger partial charge in [0.05, 0.1) is 0 Å². The summed E-state index contributed by atoms with van der Waals surface area (Å²) in [5.41, 5.74) is -0.657. The van der Waals surface area contributed by atoms with Gasteiger partial charge in [-0.3, -0.25) is 15.2 Å². The maximum Gasteiger partial charge on any atom is 0.264 e. The number of halogens is 2. The minimum absolute atomic E-state index is 0.0323. The van der Waals surface area contributed by atoms with E-state index in [4.69, 9.17) is 0 Å². The van der Waals surface area contributed by atoms with Gasteiger partial charge in [0.25, 0.3) is 5.91 Å². The van der Waals surface area contributed by atoms with Crippen LogP contribution in [0, 0.1) is 18.6 Å². The highest BCUT2D eigenvalue weighted by molar-refractivity contribution is 6.03. The number of hydrogen-bond donors (Lipinski definition) is 2. The predicted molar refractivity (Wildman–Crippen MR) is 55.4 cm³/mol. The van der Waals surface area contributed by atoms with Crippen molar-refractivity contribution in [1.82, 2.24) is 15.2 Å². The molecule has 2 rings (SSSR count). The van der Waals surface area contributed by atoms with Crippen molar-refractivity contribution >= 4 is 11.9 Å². The molecule has 0 atom stereocenters.